The van der Waals surface area contributed by atoms with Gasteiger partial charge in [-0.05, 0) is 74.8 Å². The molecule has 1 aromatic carbocycles. The lowest BCUT2D eigenvalue weighted by Crippen LogP contribution is -2.22. The van der Waals surface area contributed by atoms with E-state index in [0.717, 1.165) is 10.9 Å². The Labute approximate surface area is 129 Å². The highest BCUT2D eigenvalue weighted by atomic mass is 35.5. The quantitative estimate of drug-likeness (QED) is 0.655. The highest BCUT2D eigenvalue weighted by Crippen LogP contribution is 2.28. The van der Waals surface area contributed by atoms with Crippen molar-refractivity contribution in [1.29, 1.82) is 0 Å². The van der Waals surface area contributed by atoms with Gasteiger partial charge in [-0.25, -0.2) is 0 Å². The van der Waals surface area contributed by atoms with Gasteiger partial charge in [-0.2, -0.15) is 0 Å². The van der Waals surface area contributed by atoms with Crippen molar-refractivity contribution in [2.24, 2.45) is 5.92 Å². The summed E-state index contributed by atoms with van der Waals surface area (Å²) in [5.74, 6) is 1.48. The van der Waals surface area contributed by atoms with Gasteiger partial charge in [0.1, 0.15) is 0 Å². The van der Waals surface area contributed by atoms with E-state index in [2.05, 4.69) is 30.9 Å². The SMILES string of the molecule is CC(C)CCC(CCN1CCCC1)c1ccc(Cl)cc1. The Hall–Kier alpha value is -0.530. The lowest BCUT2D eigenvalue weighted by atomic mass is 9.88. The number of likely N-dealkylation sites (tertiary alicyclic amines) is 1. The molecule has 2 rings (SSSR count). The van der Waals surface area contributed by atoms with Crippen LogP contribution in [0.15, 0.2) is 24.3 Å². The van der Waals surface area contributed by atoms with E-state index >= 15 is 0 Å². The van der Waals surface area contributed by atoms with E-state index < -0.39 is 0 Å². The van der Waals surface area contributed by atoms with Gasteiger partial charge in [0, 0.05) is 5.02 Å². The molecule has 20 heavy (non-hydrogen) atoms. The molecule has 0 N–H and O–H groups in total. The summed E-state index contributed by atoms with van der Waals surface area (Å²) >= 11 is 6.02. The predicted molar refractivity (Wildman–Crippen MR) is 88.6 cm³/mol. The number of nitrogens with zero attached hydrogens (tertiary/aromatic N) is 1. The normalized spacial score (nSPS) is 17.8. The minimum absolute atomic E-state index is 0.690. The Kier molecular flexibility index (Phi) is 6.38. The fourth-order valence-electron chi connectivity index (χ4n) is 3.09. The average Bonchev–Trinajstić information content (AvgIpc) is 2.93. The van der Waals surface area contributed by atoms with E-state index in [4.69, 9.17) is 11.6 Å². The molecule has 0 aromatic heterocycles. The summed E-state index contributed by atoms with van der Waals surface area (Å²) in [6.45, 7) is 8.50. The van der Waals surface area contributed by atoms with Crippen LogP contribution in [0, 0.1) is 5.92 Å². The first-order valence-corrected chi connectivity index (χ1v) is 8.51. The van der Waals surface area contributed by atoms with E-state index in [1.54, 1.807) is 0 Å². The minimum atomic E-state index is 0.690. The molecule has 1 aliphatic heterocycles. The minimum Gasteiger partial charge on any atom is -0.303 e. The highest BCUT2D eigenvalue weighted by Gasteiger charge is 2.16. The molecule has 1 nitrogen and oxygen atoms in total. The van der Waals surface area contributed by atoms with Gasteiger partial charge in [0.2, 0.25) is 0 Å². The van der Waals surface area contributed by atoms with Gasteiger partial charge in [0.15, 0.2) is 0 Å². The lowest BCUT2D eigenvalue weighted by Gasteiger charge is -2.22. The van der Waals surface area contributed by atoms with Crippen molar-refractivity contribution in [2.75, 3.05) is 19.6 Å². The van der Waals surface area contributed by atoms with Crippen LogP contribution in [-0.2, 0) is 0 Å². The zero-order valence-corrected chi connectivity index (χ0v) is 13.7. The monoisotopic (exact) mass is 293 g/mol. The van der Waals surface area contributed by atoms with Gasteiger partial charge in [-0.1, -0.05) is 44.0 Å². The average molecular weight is 294 g/mol. The third-order valence-corrected chi connectivity index (χ3v) is 4.68. The molecule has 1 unspecified atom stereocenters. The summed E-state index contributed by atoms with van der Waals surface area (Å²) in [4.78, 5) is 2.62. The number of hydrogen-bond donors (Lipinski definition) is 0. The Morgan fingerprint density at radius 2 is 1.65 bits per heavy atom. The van der Waals surface area contributed by atoms with E-state index in [1.165, 1.54) is 57.3 Å². The molecule has 1 atom stereocenters. The van der Waals surface area contributed by atoms with E-state index in [9.17, 15) is 0 Å². The van der Waals surface area contributed by atoms with Gasteiger partial charge in [-0.3, -0.25) is 0 Å². The molecule has 1 aliphatic rings. The number of hydrogen-bond acceptors (Lipinski definition) is 1. The van der Waals surface area contributed by atoms with Crippen molar-refractivity contribution in [3.05, 3.63) is 34.9 Å². The van der Waals surface area contributed by atoms with E-state index in [0.29, 0.717) is 5.92 Å². The van der Waals surface area contributed by atoms with Crippen molar-refractivity contribution >= 4 is 11.6 Å². The summed E-state index contributed by atoms with van der Waals surface area (Å²) < 4.78 is 0. The first kappa shape index (κ1) is 15.9. The maximum Gasteiger partial charge on any atom is 0.0406 e. The van der Waals surface area contributed by atoms with E-state index in [-0.39, 0.29) is 0 Å². The standard InChI is InChI=1S/C18H28ClN/c1-15(2)5-6-17(11-14-20-12-3-4-13-20)16-7-9-18(19)10-8-16/h7-10,15,17H,3-6,11-14H2,1-2H3. The molecule has 0 bridgehead atoms. The Balaban J connectivity index is 1.93. The zero-order chi connectivity index (χ0) is 14.4. The van der Waals surface area contributed by atoms with Gasteiger partial charge in [0.25, 0.3) is 0 Å². The van der Waals surface area contributed by atoms with Crippen LogP contribution in [0.4, 0.5) is 0 Å². The molecule has 1 aromatic rings. The second-order valence-electron chi connectivity index (χ2n) is 6.56. The molecule has 2 heteroatoms. The van der Waals surface area contributed by atoms with Crippen molar-refractivity contribution in [1.82, 2.24) is 4.90 Å². The Morgan fingerprint density at radius 1 is 1.00 bits per heavy atom. The largest absolute Gasteiger partial charge is 0.303 e. The van der Waals surface area contributed by atoms with Crippen molar-refractivity contribution < 1.29 is 0 Å². The molecule has 0 amide bonds. The van der Waals surface area contributed by atoms with Gasteiger partial charge in [0.05, 0.1) is 0 Å². The summed E-state index contributed by atoms with van der Waals surface area (Å²) in [5, 5.41) is 0.843. The first-order chi connectivity index (χ1) is 9.65. The fourth-order valence-corrected chi connectivity index (χ4v) is 3.22. The number of benzene rings is 1. The predicted octanol–water partition coefficient (Wildman–Crippen LogP) is 5.35. The smallest absolute Gasteiger partial charge is 0.0406 e. The van der Waals surface area contributed by atoms with Crippen LogP contribution in [0.1, 0.15) is 57.4 Å². The van der Waals surface area contributed by atoms with E-state index in [1.807, 2.05) is 12.1 Å². The molecular formula is C18H28ClN. The summed E-state index contributed by atoms with van der Waals surface area (Å²) in [5.41, 5.74) is 1.47. The Morgan fingerprint density at radius 3 is 2.25 bits per heavy atom. The third-order valence-electron chi connectivity index (χ3n) is 4.43. The molecule has 0 aliphatic carbocycles. The van der Waals surface area contributed by atoms with Crippen molar-refractivity contribution in [3.8, 4) is 0 Å². The second-order valence-corrected chi connectivity index (χ2v) is 6.99. The fraction of sp³-hybridized carbons (Fsp3) is 0.667. The number of halogens is 1. The molecule has 0 spiro atoms. The van der Waals surface area contributed by atoms with Gasteiger partial charge < -0.3 is 4.90 Å². The Bertz CT molecular complexity index is 379. The van der Waals surface area contributed by atoms with Gasteiger partial charge in [-0.15, -0.1) is 0 Å². The van der Waals surface area contributed by atoms with Gasteiger partial charge >= 0.3 is 0 Å². The molecule has 0 radical (unpaired) electrons. The molecule has 1 fully saturated rings. The molecule has 0 saturated carbocycles. The maximum absolute atomic E-state index is 6.02. The molecule has 1 heterocycles. The number of rotatable bonds is 7. The van der Waals surface area contributed by atoms with Crippen LogP contribution in [0.2, 0.25) is 5.02 Å². The highest BCUT2D eigenvalue weighted by molar-refractivity contribution is 6.30. The van der Waals surface area contributed by atoms with Crippen LogP contribution in [0.5, 0.6) is 0 Å². The topological polar surface area (TPSA) is 3.24 Å². The molecule has 1 saturated heterocycles. The molecule has 112 valence electrons. The summed E-state index contributed by atoms with van der Waals surface area (Å²) in [6.07, 6.45) is 6.67. The van der Waals surface area contributed by atoms with Crippen molar-refractivity contribution in [2.45, 2.75) is 51.9 Å². The third kappa shape index (κ3) is 5.10. The van der Waals surface area contributed by atoms with Crippen LogP contribution < -0.4 is 0 Å². The second kappa shape index (κ2) is 8.05. The first-order valence-electron chi connectivity index (χ1n) is 8.13. The maximum atomic E-state index is 6.02. The van der Waals surface area contributed by atoms with Crippen LogP contribution in [0.3, 0.4) is 0 Å². The van der Waals surface area contributed by atoms with Crippen molar-refractivity contribution in [3.63, 3.8) is 0 Å². The van der Waals surface area contributed by atoms with Crippen LogP contribution >= 0.6 is 11.6 Å². The molecular weight excluding hydrogens is 266 g/mol. The lowest BCUT2D eigenvalue weighted by molar-refractivity contribution is 0.314. The van der Waals surface area contributed by atoms with Crippen LogP contribution in [-0.4, -0.2) is 24.5 Å². The zero-order valence-electron chi connectivity index (χ0n) is 12.9. The summed E-state index contributed by atoms with van der Waals surface area (Å²) in [7, 11) is 0. The summed E-state index contributed by atoms with van der Waals surface area (Å²) in [6, 6.07) is 8.51. The van der Waals surface area contributed by atoms with Crippen LogP contribution in [0.25, 0.3) is 0 Å².